The summed E-state index contributed by atoms with van der Waals surface area (Å²) < 4.78 is 5.57. The minimum Gasteiger partial charge on any atom is -0.473 e. The third-order valence-corrected chi connectivity index (χ3v) is 4.01. The number of nitrogens with zero attached hydrogens (tertiary/aromatic N) is 1. The molecule has 0 aliphatic carbocycles. The molecule has 1 saturated heterocycles. The van der Waals surface area contributed by atoms with E-state index < -0.39 is 0 Å². The van der Waals surface area contributed by atoms with Gasteiger partial charge in [-0.15, -0.1) is 0 Å². The van der Waals surface area contributed by atoms with Gasteiger partial charge in [0.25, 0.3) is 0 Å². The lowest BCUT2D eigenvalue weighted by Crippen LogP contribution is -2.45. The van der Waals surface area contributed by atoms with Crippen molar-refractivity contribution in [2.75, 3.05) is 19.8 Å². The van der Waals surface area contributed by atoms with Crippen LogP contribution in [0.15, 0.2) is 18.2 Å². The first-order valence-corrected chi connectivity index (χ1v) is 7.29. The molecule has 4 heteroatoms. The zero-order valence-corrected chi connectivity index (χ0v) is 12.6. The molecule has 0 bridgehead atoms. The van der Waals surface area contributed by atoms with Crippen LogP contribution in [0, 0.1) is 19.8 Å². The SMILES string of the molecule is Cc1ccc(OCNC(=O)N2CCC(C)CC2)cc1C. The van der Waals surface area contributed by atoms with E-state index in [9.17, 15) is 4.79 Å². The van der Waals surface area contributed by atoms with E-state index in [0.29, 0.717) is 0 Å². The zero-order chi connectivity index (χ0) is 14.5. The maximum atomic E-state index is 12.0. The minimum atomic E-state index is -0.0271. The molecule has 1 N–H and O–H groups in total. The summed E-state index contributed by atoms with van der Waals surface area (Å²) in [6.07, 6.45) is 2.18. The van der Waals surface area contributed by atoms with Crippen molar-refractivity contribution in [3.8, 4) is 5.75 Å². The van der Waals surface area contributed by atoms with Gasteiger partial charge in [0.05, 0.1) is 0 Å². The molecule has 110 valence electrons. The number of piperidine rings is 1. The van der Waals surface area contributed by atoms with Gasteiger partial charge in [-0.05, 0) is 55.9 Å². The van der Waals surface area contributed by atoms with E-state index in [0.717, 1.165) is 37.6 Å². The summed E-state index contributed by atoms with van der Waals surface area (Å²) >= 11 is 0. The molecule has 1 aromatic carbocycles. The lowest BCUT2D eigenvalue weighted by atomic mass is 10.00. The van der Waals surface area contributed by atoms with Crippen LogP contribution in [-0.2, 0) is 0 Å². The average Bonchev–Trinajstić information content (AvgIpc) is 2.43. The van der Waals surface area contributed by atoms with E-state index in [1.165, 1.54) is 11.1 Å². The second kappa shape index (κ2) is 6.64. The van der Waals surface area contributed by atoms with Gasteiger partial charge in [-0.2, -0.15) is 0 Å². The van der Waals surface area contributed by atoms with Crippen LogP contribution in [0.2, 0.25) is 0 Å². The maximum Gasteiger partial charge on any atom is 0.320 e. The Kier molecular flexibility index (Phi) is 4.88. The molecule has 1 heterocycles. The van der Waals surface area contributed by atoms with Crippen LogP contribution >= 0.6 is 0 Å². The predicted octanol–water partition coefficient (Wildman–Crippen LogP) is 3.08. The second-order valence-corrected chi connectivity index (χ2v) is 5.69. The Bertz CT molecular complexity index is 466. The molecule has 2 amide bonds. The Morgan fingerprint density at radius 1 is 1.30 bits per heavy atom. The van der Waals surface area contributed by atoms with E-state index in [2.05, 4.69) is 26.1 Å². The summed E-state index contributed by atoms with van der Waals surface area (Å²) in [4.78, 5) is 13.8. The first-order valence-electron chi connectivity index (χ1n) is 7.29. The number of benzene rings is 1. The molecule has 4 nitrogen and oxygen atoms in total. The van der Waals surface area contributed by atoms with E-state index in [1.807, 2.05) is 23.1 Å². The Hall–Kier alpha value is -1.71. The first-order chi connectivity index (χ1) is 9.56. The van der Waals surface area contributed by atoms with Crippen molar-refractivity contribution in [1.29, 1.82) is 0 Å². The molecule has 1 fully saturated rings. The Labute approximate surface area is 121 Å². The Morgan fingerprint density at radius 2 is 2.00 bits per heavy atom. The van der Waals surface area contributed by atoms with Crippen molar-refractivity contribution in [3.05, 3.63) is 29.3 Å². The fraction of sp³-hybridized carbons (Fsp3) is 0.562. The monoisotopic (exact) mass is 276 g/mol. The molecular formula is C16H24N2O2. The highest BCUT2D eigenvalue weighted by Gasteiger charge is 2.19. The van der Waals surface area contributed by atoms with Crippen molar-refractivity contribution in [1.82, 2.24) is 10.2 Å². The summed E-state index contributed by atoms with van der Waals surface area (Å²) in [6.45, 7) is 8.26. The van der Waals surface area contributed by atoms with Crippen molar-refractivity contribution < 1.29 is 9.53 Å². The molecule has 2 rings (SSSR count). The van der Waals surface area contributed by atoms with Crippen LogP contribution in [0.5, 0.6) is 5.75 Å². The summed E-state index contributed by atoms with van der Waals surface area (Å²) in [7, 11) is 0. The normalized spacial score (nSPS) is 16.1. The number of hydrogen-bond donors (Lipinski definition) is 1. The summed E-state index contributed by atoms with van der Waals surface area (Å²) in [5, 5.41) is 2.81. The molecule has 20 heavy (non-hydrogen) atoms. The molecule has 0 unspecified atom stereocenters. The van der Waals surface area contributed by atoms with Crippen LogP contribution in [0.1, 0.15) is 30.9 Å². The quantitative estimate of drug-likeness (QED) is 0.862. The number of urea groups is 1. The van der Waals surface area contributed by atoms with E-state index in [1.54, 1.807) is 0 Å². The van der Waals surface area contributed by atoms with Crippen molar-refractivity contribution in [3.63, 3.8) is 0 Å². The number of hydrogen-bond acceptors (Lipinski definition) is 2. The summed E-state index contributed by atoms with van der Waals surface area (Å²) in [6, 6.07) is 5.92. The highest BCUT2D eigenvalue weighted by molar-refractivity contribution is 5.74. The minimum absolute atomic E-state index is 0.0271. The van der Waals surface area contributed by atoms with E-state index in [4.69, 9.17) is 4.74 Å². The van der Waals surface area contributed by atoms with Crippen LogP contribution in [0.3, 0.4) is 0 Å². The zero-order valence-electron chi connectivity index (χ0n) is 12.6. The molecule has 1 aliphatic rings. The lowest BCUT2D eigenvalue weighted by molar-refractivity contribution is 0.164. The molecule has 0 saturated carbocycles. The van der Waals surface area contributed by atoms with Crippen molar-refractivity contribution in [2.45, 2.75) is 33.6 Å². The number of carbonyl (C=O) groups is 1. The van der Waals surface area contributed by atoms with Gasteiger partial charge < -0.3 is 15.0 Å². The molecular weight excluding hydrogens is 252 g/mol. The number of carbonyl (C=O) groups excluding carboxylic acids is 1. The van der Waals surface area contributed by atoms with Crippen LogP contribution in [0.4, 0.5) is 4.79 Å². The van der Waals surface area contributed by atoms with Gasteiger partial charge in [0.15, 0.2) is 6.73 Å². The van der Waals surface area contributed by atoms with Gasteiger partial charge in [0, 0.05) is 13.1 Å². The van der Waals surface area contributed by atoms with Crippen LogP contribution in [0.25, 0.3) is 0 Å². The lowest BCUT2D eigenvalue weighted by Gasteiger charge is -2.30. The van der Waals surface area contributed by atoms with Gasteiger partial charge in [0.2, 0.25) is 0 Å². The van der Waals surface area contributed by atoms with Crippen LogP contribution in [-0.4, -0.2) is 30.8 Å². The second-order valence-electron chi connectivity index (χ2n) is 5.69. The first kappa shape index (κ1) is 14.7. The van der Waals surface area contributed by atoms with Crippen LogP contribution < -0.4 is 10.1 Å². The number of rotatable bonds is 3. The number of ether oxygens (including phenoxy) is 1. The number of aryl methyl sites for hydroxylation is 2. The number of likely N-dealkylation sites (tertiary alicyclic amines) is 1. The van der Waals surface area contributed by atoms with Gasteiger partial charge >= 0.3 is 6.03 Å². The molecule has 0 radical (unpaired) electrons. The molecule has 0 aromatic heterocycles. The average molecular weight is 276 g/mol. The maximum absolute atomic E-state index is 12.0. The van der Waals surface area contributed by atoms with Gasteiger partial charge in [-0.3, -0.25) is 0 Å². The highest BCUT2D eigenvalue weighted by atomic mass is 16.5. The Morgan fingerprint density at radius 3 is 2.65 bits per heavy atom. The van der Waals surface area contributed by atoms with Gasteiger partial charge in [-0.25, -0.2) is 4.79 Å². The van der Waals surface area contributed by atoms with E-state index in [-0.39, 0.29) is 12.8 Å². The summed E-state index contributed by atoms with van der Waals surface area (Å²) in [5.74, 6) is 1.52. The van der Waals surface area contributed by atoms with E-state index >= 15 is 0 Å². The number of nitrogens with one attached hydrogen (secondary N) is 1. The molecule has 1 aromatic rings. The largest absolute Gasteiger partial charge is 0.473 e. The molecule has 1 aliphatic heterocycles. The van der Waals surface area contributed by atoms with Crippen molar-refractivity contribution >= 4 is 6.03 Å². The highest BCUT2D eigenvalue weighted by Crippen LogP contribution is 2.17. The topological polar surface area (TPSA) is 41.6 Å². The third kappa shape index (κ3) is 3.89. The smallest absolute Gasteiger partial charge is 0.320 e. The third-order valence-electron chi connectivity index (χ3n) is 4.01. The standard InChI is InChI=1S/C16H24N2O2/c1-12-6-8-18(9-7-12)16(19)17-11-20-15-5-4-13(2)14(3)10-15/h4-5,10,12H,6-9,11H2,1-3H3,(H,17,19). The fourth-order valence-electron chi connectivity index (χ4n) is 2.31. The van der Waals surface area contributed by atoms with Gasteiger partial charge in [0.1, 0.15) is 5.75 Å². The molecule has 0 spiro atoms. The fourth-order valence-corrected chi connectivity index (χ4v) is 2.31. The van der Waals surface area contributed by atoms with Gasteiger partial charge in [-0.1, -0.05) is 13.0 Å². The molecule has 0 atom stereocenters. The number of amides is 2. The Balaban J connectivity index is 1.75. The predicted molar refractivity (Wildman–Crippen MR) is 79.9 cm³/mol. The summed E-state index contributed by atoms with van der Waals surface area (Å²) in [5.41, 5.74) is 2.43. The van der Waals surface area contributed by atoms with Crippen molar-refractivity contribution in [2.24, 2.45) is 5.92 Å².